The molecule has 24 heavy (non-hydrogen) atoms. The Bertz CT molecular complexity index is 538. The molecule has 0 aromatic rings. The van der Waals surface area contributed by atoms with E-state index in [-0.39, 0.29) is 17.7 Å². The van der Waals surface area contributed by atoms with Crippen LogP contribution in [0, 0.1) is 5.92 Å². The van der Waals surface area contributed by atoms with Crippen LogP contribution in [0.4, 0.5) is 4.79 Å². The molecule has 7 heteroatoms. The van der Waals surface area contributed by atoms with Crippen LogP contribution in [0.25, 0.3) is 0 Å². The number of hydrogen-bond donors (Lipinski definition) is 2. The van der Waals surface area contributed by atoms with Crippen LogP contribution in [0.1, 0.15) is 19.8 Å². The van der Waals surface area contributed by atoms with Crippen molar-refractivity contribution in [1.29, 1.82) is 0 Å². The van der Waals surface area contributed by atoms with Crippen LogP contribution in [0.5, 0.6) is 0 Å². The zero-order valence-electron chi connectivity index (χ0n) is 14.2. The fraction of sp³-hybridized carbons (Fsp3) is 0.588. The number of nitrogens with one attached hydrogen (secondary N) is 2. The Labute approximate surface area is 142 Å². The minimum absolute atomic E-state index is 0.0144. The predicted octanol–water partition coefficient (Wildman–Crippen LogP) is 0.497. The molecule has 2 atom stereocenters. The third kappa shape index (κ3) is 3.84. The second kappa shape index (κ2) is 7.61. The van der Waals surface area contributed by atoms with Crippen LogP contribution < -0.4 is 10.6 Å². The van der Waals surface area contributed by atoms with Gasteiger partial charge in [-0.3, -0.25) is 19.8 Å². The van der Waals surface area contributed by atoms with Crippen LogP contribution >= 0.6 is 0 Å². The van der Waals surface area contributed by atoms with Crippen molar-refractivity contribution in [3.63, 3.8) is 0 Å². The second-order valence-corrected chi connectivity index (χ2v) is 6.56. The average Bonchev–Trinajstić information content (AvgIpc) is 2.81. The molecule has 0 spiro atoms. The summed E-state index contributed by atoms with van der Waals surface area (Å²) in [6, 6.07) is -0.446. The number of hydrogen-bond acceptors (Lipinski definition) is 4. The number of piperidine rings is 1. The monoisotopic (exact) mass is 334 g/mol. The van der Waals surface area contributed by atoms with Crippen LogP contribution in [-0.2, 0) is 9.59 Å². The Morgan fingerprint density at radius 2 is 2.04 bits per heavy atom. The van der Waals surface area contributed by atoms with Crippen LogP contribution in [0.2, 0.25) is 0 Å². The first-order valence-electron chi connectivity index (χ1n) is 8.26. The molecule has 0 aromatic heterocycles. The van der Waals surface area contributed by atoms with E-state index >= 15 is 0 Å². The summed E-state index contributed by atoms with van der Waals surface area (Å²) >= 11 is 0. The molecule has 132 valence electrons. The molecule has 0 saturated carbocycles. The number of likely N-dealkylation sites (tertiary alicyclic amines) is 1. The Morgan fingerprint density at radius 1 is 1.38 bits per heavy atom. The summed E-state index contributed by atoms with van der Waals surface area (Å²) in [6.07, 6.45) is 5.12. The highest BCUT2D eigenvalue weighted by molar-refractivity contribution is 6.07. The fourth-order valence-corrected chi connectivity index (χ4v) is 3.40. The van der Waals surface area contributed by atoms with Gasteiger partial charge in [0.2, 0.25) is 5.91 Å². The molecular weight excluding hydrogens is 308 g/mol. The molecule has 2 saturated heterocycles. The first kappa shape index (κ1) is 18.2. The van der Waals surface area contributed by atoms with Gasteiger partial charge < -0.3 is 10.2 Å². The van der Waals surface area contributed by atoms with E-state index in [0.29, 0.717) is 26.2 Å². The van der Waals surface area contributed by atoms with Crippen molar-refractivity contribution < 1.29 is 14.4 Å². The van der Waals surface area contributed by atoms with E-state index in [1.807, 2.05) is 0 Å². The van der Waals surface area contributed by atoms with E-state index in [4.69, 9.17) is 0 Å². The Kier molecular flexibility index (Phi) is 5.77. The number of imide groups is 1. The molecule has 4 amide bonds. The molecule has 0 unspecified atom stereocenters. The van der Waals surface area contributed by atoms with E-state index in [9.17, 15) is 14.4 Å². The molecule has 2 rings (SSSR count). The van der Waals surface area contributed by atoms with Gasteiger partial charge in [0, 0.05) is 25.6 Å². The largest absolute Gasteiger partial charge is 0.334 e. The fourth-order valence-electron chi connectivity index (χ4n) is 3.40. The third-order valence-corrected chi connectivity index (χ3v) is 4.80. The van der Waals surface area contributed by atoms with E-state index in [1.165, 1.54) is 0 Å². The highest BCUT2D eigenvalue weighted by Crippen LogP contribution is 2.29. The Balaban J connectivity index is 1.99. The van der Waals surface area contributed by atoms with Gasteiger partial charge in [0.05, 0.1) is 6.54 Å². The summed E-state index contributed by atoms with van der Waals surface area (Å²) < 4.78 is 0. The zero-order chi connectivity index (χ0) is 17.7. The van der Waals surface area contributed by atoms with Crippen molar-refractivity contribution in [1.82, 2.24) is 20.4 Å². The van der Waals surface area contributed by atoms with Crippen molar-refractivity contribution in [3.05, 3.63) is 25.3 Å². The maximum Gasteiger partial charge on any atom is 0.322 e. The number of rotatable bonds is 7. The number of carbonyl (C=O) groups is 3. The van der Waals surface area contributed by atoms with E-state index in [1.54, 1.807) is 24.0 Å². The molecule has 7 nitrogen and oxygen atoms in total. The van der Waals surface area contributed by atoms with E-state index in [2.05, 4.69) is 28.7 Å². The Hall–Kier alpha value is -2.15. The van der Waals surface area contributed by atoms with Crippen molar-refractivity contribution in [3.8, 4) is 0 Å². The normalized spacial score (nSPS) is 27.3. The van der Waals surface area contributed by atoms with Gasteiger partial charge in [0.25, 0.3) is 5.91 Å². The summed E-state index contributed by atoms with van der Waals surface area (Å²) in [5, 5.41) is 5.05. The zero-order valence-corrected chi connectivity index (χ0v) is 14.2. The quantitative estimate of drug-likeness (QED) is 0.525. The van der Waals surface area contributed by atoms with Gasteiger partial charge in [-0.1, -0.05) is 12.2 Å². The molecular formula is C17H26N4O3. The molecule has 0 aliphatic carbocycles. The molecule has 0 radical (unpaired) electrons. The van der Waals surface area contributed by atoms with Crippen molar-refractivity contribution in [2.45, 2.75) is 25.3 Å². The van der Waals surface area contributed by atoms with Crippen molar-refractivity contribution in [2.75, 3.05) is 32.7 Å². The molecule has 2 fully saturated rings. The number of urea groups is 1. The van der Waals surface area contributed by atoms with Gasteiger partial charge in [-0.15, -0.1) is 13.2 Å². The first-order valence-corrected chi connectivity index (χ1v) is 8.26. The van der Waals surface area contributed by atoms with E-state index < -0.39 is 11.6 Å². The van der Waals surface area contributed by atoms with Gasteiger partial charge in [-0.05, 0) is 26.3 Å². The minimum Gasteiger partial charge on any atom is -0.334 e. The van der Waals surface area contributed by atoms with Crippen LogP contribution in [-0.4, -0.2) is 65.9 Å². The molecule has 0 aromatic carbocycles. The molecule has 2 aliphatic heterocycles. The standard InChI is InChI=1S/C17H26N4O3/c1-4-8-21(9-5-2)14(22)12-20-10-6-7-13(11-20)17(3)15(23)18-16(24)19-17/h4-5,13H,1-2,6-12H2,3H3,(H2,18,19,23,24)/t13-,17+/m1/s1. The second-order valence-electron chi connectivity index (χ2n) is 6.56. The van der Waals surface area contributed by atoms with Gasteiger partial charge in [-0.25, -0.2) is 4.79 Å². The van der Waals surface area contributed by atoms with Gasteiger partial charge in [0.1, 0.15) is 5.54 Å². The third-order valence-electron chi connectivity index (χ3n) is 4.80. The van der Waals surface area contributed by atoms with Crippen LogP contribution in [0.3, 0.4) is 0 Å². The molecule has 2 heterocycles. The maximum atomic E-state index is 12.5. The molecule has 2 aliphatic rings. The SMILES string of the molecule is C=CCN(CC=C)C(=O)CN1CCC[C@@H]([C@]2(C)NC(=O)NC2=O)C1. The Morgan fingerprint density at radius 3 is 2.58 bits per heavy atom. The van der Waals surface area contributed by atoms with Gasteiger partial charge in [0.15, 0.2) is 0 Å². The lowest BCUT2D eigenvalue weighted by Crippen LogP contribution is -2.56. The highest BCUT2D eigenvalue weighted by atomic mass is 16.2. The van der Waals surface area contributed by atoms with Gasteiger partial charge >= 0.3 is 6.03 Å². The summed E-state index contributed by atoms with van der Waals surface area (Å²) in [7, 11) is 0. The lowest BCUT2D eigenvalue weighted by molar-refractivity contribution is -0.132. The smallest absolute Gasteiger partial charge is 0.322 e. The lowest BCUT2D eigenvalue weighted by Gasteiger charge is -2.39. The van der Waals surface area contributed by atoms with E-state index in [0.717, 1.165) is 19.4 Å². The number of nitrogens with zero attached hydrogens (tertiary/aromatic N) is 2. The number of carbonyl (C=O) groups excluding carboxylic acids is 3. The van der Waals surface area contributed by atoms with Crippen molar-refractivity contribution in [2.24, 2.45) is 5.92 Å². The predicted molar refractivity (Wildman–Crippen MR) is 91.2 cm³/mol. The molecule has 2 N–H and O–H groups in total. The summed E-state index contributed by atoms with van der Waals surface area (Å²) in [6.45, 7) is 11.8. The average molecular weight is 334 g/mol. The van der Waals surface area contributed by atoms with Crippen molar-refractivity contribution >= 4 is 17.8 Å². The first-order chi connectivity index (χ1) is 11.4. The van der Waals surface area contributed by atoms with Gasteiger partial charge in [-0.2, -0.15) is 0 Å². The topological polar surface area (TPSA) is 81.8 Å². The minimum atomic E-state index is -0.902. The summed E-state index contributed by atoms with van der Waals surface area (Å²) in [5.74, 6) is -0.288. The lowest BCUT2D eigenvalue weighted by atomic mass is 9.80. The maximum absolute atomic E-state index is 12.5. The summed E-state index contributed by atoms with van der Waals surface area (Å²) in [4.78, 5) is 39.8. The summed E-state index contributed by atoms with van der Waals surface area (Å²) in [5.41, 5.74) is -0.902. The molecule has 0 bridgehead atoms. The highest BCUT2D eigenvalue weighted by Gasteiger charge is 2.49. The van der Waals surface area contributed by atoms with Crippen LogP contribution in [0.15, 0.2) is 25.3 Å². The number of amides is 4.